The molecule has 104 valence electrons. The van der Waals surface area contributed by atoms with Crippen LogP contribution in [0.1, 0.15) is 0 Å². The molecular formula is C13H14N4O3. The largest absolute Gasteiger partial charge is 0.450 e. The van der Waals surface area contributed by atoms with Crippen LogP contribution in [0.4, 0.5) is 5.95 Å². The van der Waals surface area contributed by atoms with Crippen LogP contribution in [-0.2, 0) is 4.74 Å². The zero-order valence-corrected chi connectivity index (χ0v) is 10.9. The maximum absolute atomic E-state index is 5.28. The molecule has 0 bridgehead atoms. The maximum atomic E-state index is 5.28. The van der Waals surface area contributed by atoms with Gasteiger partial charge in [0, 0.05) is 13.1 Å². The average molecular weight is 274 g/mol. The zero-order chi connectivity index (χ0) is 14.2. The first-order valence-electron chi connectivity index (χ1n) is 6.05. The van der Waals surface area contributed by atoms with Gasteiger partial charge in [0.05, 0.1) is 13.2 Å². The highest BCUT2D eigenvalue weighted by atomic mass is 16.5. The van der Waals surface area contributed by atoms with Crippen molar-refractivity contribution in [2.75, 3.05) is 44.4 Å². The van der Waals surface area contributed by atoms with Crippen molar-refractivity contribution >= 4 is 5.95 Å². The summed E-state index contributed by atoms with van der Waals surface area (Å²) in [7, 11) is 0. The second-order valence-electron chi connectivity index (χ2n) is 3.79. The number of hydrogen-bond donors (Lipinski definition) is 0. The molecule has 0 aromatic carbocycles. The van der Waals surface area contributed by atoms with E-state index in [1.165, 1.54) is 0 Å². The van der Waals surface area contributed by atoms with Gasteiger partial charge in [-0.2, -0.15) is 9.97 Å². The molecule has 0 saturated carbocycles. The molecule has 2 heterocycles. The van der Waals surface area contributed by atoms with Crippen molar-refractivity contribution in [2.24, 2.45) is 0 Å². The van der Waals surface area contributed by atoms with E-state index < -0.39 is 0 Å². The summed E-state index contributed by atoms with van der Waals surface area (Å²) in [5.74, 6) is 5.16. The fraction of sp³-hybridized carbons (Fsp3) is 0.462. The summed E-state index contributed by atoms with van der Waals surface area (Å²) in [5, 5.41) is 0. The van der Waals surface area contributed by atoms with E-state index in [-0.39, 0.29) is 25.2 Å². The van der Waals surface area contributed by atoms with E-state index in [1.54, 1.807) is 0 Å². The Morgan fingerprint density at radius 1 is 1.00 bits per heavy atom. The topological polar surface area (TPSA) is 69.6 Å². The predicted octanol–water partition coefficient (Wildman–Crippen LogP) is -0.268. The Morgan fingerprint density at radius 3 is 2.05 bits per heavy atom. The molecule has 1 aromatic heterocycles. The van der Waals surface area contributed by atoms with Gasteiger partial charge in [0.1, 0.15) is 0 Å². The van der Waals surface area contributed by atoms with Crippen molar-refractivity contribution in [2.45, 2.75) is 0 Å². The summed E-state index contributed by atoms with van der Waals surface area (Å²) in [6, 6.07) is 0.234. The SMILES string of the molecule is C#CCOc1nc(OCC#C)nc(N2CCOCC2)n1. The van der Waals surface area contributed by atoms with Gasteiger partial charge in [-0.05, 0) is 0 Å². The predicted molar refractivity (Wildman–Crippen MR) is 71.5 cm³/mol. The van der Waals surface area contributed by atoms with Crippen LogP contribution in [0.5, 0.6) is 12.0 Å². The zero-order valence-electron chi connectivity index (χ0n) is 10.9. The molecule has 2 rings (SSSR count). The van der Waals surface area contributed by atoms with Gasteiger partial charge in [-0.1, -0.05) is 11.8 Å². The summed E-state index contributed by atoms with van der Waals surface area (Å²) < 4.78 is 15.7. The van der Waals surface area contributed by atoms with Crippen molar-refractivity contribution in [3.05, 3.63) is 0 Å². The van der Waals surface area contributed by atoms with Crippen molar-refractivity contribution in [3.8, 4) is 36.7 Å². The van der Waals surface area contributed by atoms with Crippen LogP contribution in [0.2, 0.25) is 0 Å². The van der Waals surface area contributed by atoms with Crippen molar-refractivity contribution in [3.63, 3.8) is 0 Å². The molecule has 0 spiro atoms. The molecule has 7 heteroatoms. The van der Waals surface area contributed by atoms with E-state index in [0.717, 1.165) is 0 Å². The molecule has 1 aliphatic rings. The minimum atomic E-state index is 0.0706. The molecule has 0 unspecified atom stereocenters. The fourth-order valence-corrected chi connectivity index (χ4v) is 1.57. The number of hydrogen-bond acceptors (Lipinski definition) is 7. The monoisotopic (exact) mass is 274 g/mol. The van der Waals surface area contributed by atoms with Crippen LogP contribution < -0.4 is 14.4 Å². The molecule has 1 fully saturated rings. The summed E-state index contributed by atoms with van der Waals surface area (Å²) >= 11 is 0. The summed E-state index contributed by atoms with van der Waals surface area (Å²) in [6.07, 6.45) is 10.3. The van der Waals surface area contributed by atoms with Gasteiger partial charge < -0.3 is 19.1 Å². The quantitative estimate of drug-likeness (QED) is 0.685. The van der Waals surface area contributed by atoms with Gasteiger partial charge in [-0.3, -0.25) is 0 Å². The Labute approximate surface area is 117 Å². The minimum absolute atomic E-state index is 0.0706. The van der Waals surface area contributed by atoms with Crippen LogP contribution in [0.3, 0.4) is 0 Å². The normalized spacial score (nSPS) is 14.2. The van der Waals surface area contributed by atoms with E-state index in [9.17, 15) is 0 Å². The highest BCUT2D eigenvalue weighted by molar-refractivity contribution is 5.32. The Hall–Kier alpha value is -2.51. The van der Waals surface area contributed by atoms with Gasteiger partial charge in [-0.15, -0.1) is 17.8 Å². The van der Waals surface area contributed by atoms with E-state index in [2.05, 4.69) is 26.8 Å². The second kappa shape index (κ2) is 7.17. The van der Waals surface area contributed by atoms with Gasteiger partial charge in [0.25, 0.3) is 0 Å². The number of nitrogens with zero attached hydrogens (tertiary/aromatic N) is 4. The molecule has 1 aromatic rings. The molecule has 0 atom stereocenters. The third-order valence-electron chi connectivity index (χ3n) is 2.45. The first-order chi connectivity index (χ1) is 9.83. The lowest BCUT2D eigenvalue weighted by Crippen LogP contribution is -2.37. The lowest BCUT2D eigenvalue weighted by Gasteiger charge is -2.26. The molecule has 0 radical (unpaired) electrons. The first-order valence-corrected chi connectivity index (χ1v) is 6.05. The fourth-order valence-electron chi connectivity index (χ4n) is 1.57. The lowest BCUT2D eigenvalue weighted by atomic mass is 10.4. The Balaban J connectivity index is 2.19. The van der Waals surface area contributed by atoms with E-state index >= 15 is 0 Å². The number of ether oxygens (including phenoxy) is 3. The molecule has 0 amide bonds. The molecule has 0 aliphatic carbocycles. The highest BCUT2D eigenvalue weighted by Crippen LogP contribution is 2.17. The Morgan fingerprint density at radius 2 is 1.55 bits per heavy atom. The lowest BCUT2D eigenvalue weighted by molar-refractivity contribution is 0.121. The maximum Gasteiger partial charge on any atom is 0.325 e. The third-order valence-corrected chi connectivity index (χ3v) is 2.45. The van der Waals surface area contributed by atoms with Crippen LogP contribution >= 0.6 is 0 Å². The van der Waals surface area contributed by atoms with Crippen LogP contribution in [0.15, 0.2) is 0 Å². The smallest absolute Gasteiger partial charge is 0.325 e. The summed E-state index contributed by atoms with van der Waals surface area (Å²) in [6.45, 7) is 2.75. The molecule has 7 nitrogen and oxygen atoms in total. The van der Waals surface area contributed by atoms with Crippen molar-refractivity contribution in [1.82, 2.24) is 15.0 Å². The number of morpholine rings is 1. The van der Waals surface area contributed by atoms with Crippen LogP contribution in [0, 0.1) is 24.7 Å². The molecule has 1 saturated heterocycles. The number of aromatic nitrogens is 3. The Kier molecular flexibility index (Phi) is 4.99. The van der Waals surface area contributed by atoms with Gasteiger partial charge >= 0.3 is 12.0 Å². The van der Waals surface area contributed by atoms with Crippen LogP contribution in [-0.4, -0.2) is 54.5 Å². The molecule has 20 heavy (non-hydrogen) atoms. The third kappa shape index (κ3) is 3.74. The highest BCUT2D eigenvalue weighted by Gasteiger charge is 2.17. The second-order valence-corrected chi connectivity index (χ2v) is 3.79. The standard InChI is InChI=1S/C13H14N4O3/c1-3-7-19-12-14-11(17-5-9-18-10-6-17)15-13(16-12)20-8-4-2/h1-2H,5-10H2. The number of rotatable bonds is 5. The van der Waals surface area contributed by atoms with Crippen molar-refractivity contribution < 1.29 is 14.2 Å². The molecule has 0 N–H and O–H groups in total. The summed E-state index contributed by atoms with van der Waals surface area (Å²) in [5.41, 5.74) is 0. The van der Waals surface area contributed by atoms with Gasteiger partial charge in [0.15, 0.2) is 13.2 Å². The summed E-state index contributed by atoms with van der Waals surface area (Å²) in [4.78, 5) is 14.3. The molecule has 1 aliphatic heterocycles. The van der Waals surface area contributed by atoms with Crippen LogP contribution in [0.25, 0.3) is 0 Å². The van der Waals surface area contributed by atoms with Gasteiger partial charge in [0.2, 0.25) is 5.95 Å². The Bertz CT molecular complexity index is 493. The average Bonchev–Trinajstić information content (AvgIpc) is 2.51. The number of anilines is 1. The van der Waals surface area contributed by atoms with E-state index in [4.69, 9.17) is 27.1 Å². The van der Waals surface area contributed by atoms with Gasteiger partial charge in [-0.25, -0.2) is 0 Å². The van der Waals surface area contributed by atoms with E-state index in [1.807, 2.05) is 4.90 Å². The molecular weight excluding hydrogens is 260 g/mol. The van der Waals surface area contributed by atoms with E-state index in [0.29, 0.717) is 32.3 Å². The van der Waals surface area contributed by atoms with Crippen molar-refractivity contribution in [1.29, 1.82) is 0 Å². The minimum Gasteiger partial charge on any atom is -0.450 e. The first kappa shape index (κ1) is 13.9. The number of terminal acetylenes is 2.